The number of aromatic nitrogens is 2. The summed E-state index contributed by atoms with van der Waals surface area (Å²) in [6.45, 7) is 2.60. The summed E-state index contributed by atoms with van der Waals surface area (Å²) in [5.74, 6) is -1.17. The SMILES string of the molecule is CCNC(c1cc(F)cc(F)c1)c1c(Br)cnn1C. The first-order chi connectivity index (χ1) is 9.02. The first-order valence-corrected chi connectivity index (χ1v) is 6.69. The Hall–Kier alpha value is -1.27. The molecule has 0 saturated carbocycles. The molecule has 1 aromatic heterocycles. The quantitative estimate of drug-likeness (QED) is 0.933. The molecule has 1 heterocycles. The lowest BCUT2D eigenvalue weighted by Crippen LogP contribution is -2.25. The summed E-state index contributed by atoms with van der Waals surface area (Å²) in [7, 11) is 1.79. The van der Waals surface area contributed by atoms with Crippen molar-refractivity contribution in [2.24, 2.45) is 7.05 Å². The third kappa shape index (κ3) is 3.01. The molecular formula is C13H14BrF2N3. The summed E-state index contributed by atoms with van der Waals surface area (Å²) in [5.41, 5.74) is 1.36. The predicted octanol–water partition coefficient (Wildman–Crippen LogP) is 3.16. The smallest absolute Gasteiger partial charge is 0.126 e. The van der Waals surface area contributed by atoms with Crippen LogP contribution in [0.15, 0.2) is 28.9 Å². The van der Waals surface area contributed by atoms with E-state index in [-0.39, 0.29) is 6.04 Å². The average molecular weight is 330 g/mol. The van der Waals surface area contributed by atoms with Crippen LogP contribution in [-0.2, 0) is 7.05 Å². The number of aryl methyl sites for hydroxylation is 1. The minimum absolute atomic E-state index is 0.322. The fourth-order valence-electron chi connectivity index (χ4n) is 2.06. The van der Waals surface area contributed by atoms with E-state index in [1.165, 1.54) is 12.1 Å². The van der Waals surface area contributed by atoms with Crippen LogP contribution in [0.3, 0.4) is 0 Å². The lowest BCUT2D eigenvalue weighted by molar-refractivity contribution is 0.546. The number of rotatable bonds is 4. The molecule has 102 valence electrons. The normalized spacial score (nSPS) is 12.7. The van der Waals surface area contributed by atoms with Crippen LogP contribution in [0.5, 0.6) is 0 Å². The van der Waals surface area contributed by atoms with Crippen molar-refractivity contribution in [1.82, 2.24) is 15.1 Å². The van der Waals surface area contributed by atoms with E-state index in [4.69, 9.17) is 0 Å². The molecule has 0 saturated heterocycles. The molecule has 0 aliphatic heterocycles. The molecule has 19 heavy (non-hydrogen) atoms. The van der Waals surface area contributed by atoms with Crippen LogP contribution >= 0.6 is 15.9 Å². The molecular weight excluding hydrogens is 316 g/mol. The van der Waals surface area contributed by atoms with Crippen molar-refractivity contribution in [3.63, 3.8) is 0 Å². The highest BCUT2D eigenvalue weighted by atomic mass is 79.9. The van der Waals surface area contributed by atoms with Gasteiger partial charge in [-0.25, -0.2) is 8.78 Å². The highest BCUT2D eigenvalue weighted by molar-refractivity contribution is 9.10. The van der Waals surface area contributed by atoms with E-state index in [9.17, 15) is 8.78 Å². The predicted molar refractivity (Wildman–Crippen MR) is 72.8 cm³/mol. The summed E-state index contributed by atoms with van der Waals surface area (Å²) in [6, 6.07) is 3.20. The van der Waals surface area contributed by atoms with Gasteiger partial charge in [-0.1, -0.05) is 6.92 Å². The van der Waals surface area contributed by atoms with E-state index >= 15 is 0 Å². The molecule has 1 N–H and O–H groups in total. The summed E-state index contributed by atoms with van der Waals surface area (Å²) in [4.78, 5) is 0. The Balaban J connectivity index is 2.51. The fourth-order valence-corrected chi connectivity index (χ4v) is 2.64. The van der Waals surface area contributed by atoms with Gasteiger partial charge in [0, 0.05) is 13.1 Å². The molecule has 0 fully saturated rings. The van der Waals surface area contributed by atoms with Crippen LogP contribution in [0.25, 0.3) is 0 Å². The van der Waals surface area contributed by atoms with Crippen molar-refractivity contribution < 1.29 is 8.78 Å². The molecule has 0 aliphatic rings. The number of nitrogens with one attached hydrogen (secondary N) is 1. The zero-order valence-electron chi connectivity index (χ0n) is 10.6. The Morgan fingerprint density at radius 2 is 1.95 bits per heavy atom. The minimum atomic E-state index is -0.587. The number of benzene rings is 1. The van der Waals surface area contributed by atoms with Crippen LogP contribution in [0.1, 0.15) is 24.2 Å². The van der Waals surface area contributed by atoms with E-state index in [1.54, 1.807) is 17.9 Å². The fraction of sp³-hybridized carbons (Fsp3) is 0.308. The second kappa shape index (κ2) is 5.79. The molecule has 1 atom stereocenters. The van der Waals surface area contributed by atoms with Gasteiger partial charge in [0.1, 0.15) is 11.6 Å². The molecule has 0 spiro atoms. The largest absolute Gasteiger partial charge is 0.305 e. The molecule has 0 bridgehead atoms. The zero-order valence-corrected chi connectivity index (χ0v) is 12.2. The van der Waals surface area contributed by atoms with Crippen molar-refractivity contribution in [3.8, 4) is 0 Å². The molecule has 1 aromatic carbocycles. The summed E-state index contributed by atoms with van der Waals surface area (Å²) in [6.07, 6.45) is 1.66. The van der Waals surface area contributed by atoms with Crippen molar-refractivity contribution in [3.05, 3.63) is 51.8 Å². The second-order valence-corrected chi connectivity index (χ2v) is 5.05. The van der Waals surface area contributed by atoms with Crippen LogP contribution < -0.4 is 5.32 Å². The molecule has 2 rings (SSSR count). The molecule has 1 unspecified atom stereocenters. The first-order valence-electron chi connectivity index (χ1n) is 5.89. The van der Waals surface area contributed by atoms with Crippen molar-refractivity contribution in [1.29, 1.82) is 0 Å². The first kappa shape index (κ1) is 14.1. The maximum Gasteiger partial charge on any atom is 0.126 e. The van der Waals surface area contributed by atoms with Crippen molar-refractivity contribution in [2.75, 3.05) is 6.54 Å². The maximum atomic E-state index is 13.4. The van der Waals surface area contributed by atoms with E-state index < -0.39 is 11.6 Å². The number of halogens is 3. The van der Waals surface area contributed by atoms with Gasteiger partial charge in [0.15, 0.2) is 0 Å². The van der Waals surface area contributed by atoms with Crippen molar-refractivity contribution >= 4 is 15.9 Å². The molecule has 3 nitrogen and oxygen atoms in total. The molecule has 0 radical (unpaired) electrons. The Morgan fingerprint density at radius 1 is 1.32 bits per heavy atom. The highest BCUT2D eigenvalue weighted by Crippen LogP contribution is 2.28. The number of hydrogen-bond acceptors (Lipinski definition) is 2. The zero-order chi connectivity index (χ0) is 14.0. The van der Waals surface area contributed by atoms with Gasteiger partial charge in [0.05, 0.1) is 22.4 Å². The van der Waals surface area contributed by atoms with Gasteiger partial charge >= 0.3 is 0 Å². The van der Waals surface area contributed by atoms with Crippen LogP contribution in [0, 0.1) is 11.6 Å². The van der Waals surface area contributed by atoms with E-state index in [1.807, 2.05) is 6.92 Å². The lowest BCUT2D eigenvalue weighted by Gasteiger charge is -2.19. The van der Waals surface area contributed by atoms with Gasteiger partial charge in [-0.05, 0) is 40.2 Å². The molecule has 6 heteroatoms. The Bertz CT molecular complexity index is 544. The van der Waals surface area contributed by atoms with Gasteiger partial charge in [-0.2, -0.15) is 5.10 Å². The molecule has 2 aromatic rings. The Kier molecular flexibility index (Phi) is 4.31. The van der Waals surface area contributed by atoms with Gasteiger partial charge in [-0.15, -0.1) is 0 Å². The molecule has 0 amide bonds. The van der Waals surface area contributed by atoms with Crippen LogP contribution in [0.4, 0.5) is 8.78 Å². The summed E-state index contributed by atoms with van der Waals surface area (Å²) < 4.78 is 29.2. The second-order valence-electron chi connectivity index (χ2n) is 4.19. The monoisotopic (exact) mass is 329 g/mol. The van der Waals surface area contributed by atoms with Crippen LogP contribution in [0.2, 0.25) is 0 Å². The van der Waals surface area contributed by atoms with Gasteiger partial charge in [0.25, 0.3) is 0 Å². The minimum Gasteiger partial charge on any atom is -0.305 e. The van der Waals surface area contributed by atoms with E-state index in [2.05, 4.69) is 26.3 Å². The molecule has 0 aliphatic carbocycles. The Labute approximate surface area is 118 Å². The van der Waals surface area contributed by atoms with Gasteiger partial charge < -0.3 is 5.32 Å². The van der Waals surface area contributed by atoms with Crippen molar-refractivity contribution in [2.45, 2.75) is 13.0 Å². The van der Waals surface area contributed by atoms with Crippen LogP contribution in [-0.4, -0.2) is 16.3 Å². The van der Waals surface area contributed by atoms with Gasteiger partial charge in [-0.3, -0.25) is 4.68 Å². The van der Waals surface area contributed by atoms with Gasteiger partial charge in [0.2, 0.25) is 0 Å². The Morgan fingerprint density at radius 3 is 2.42 bits per heavy atom. The summed E-state index contributed by atoms with van der Waals surface area (Å²) >= 11 is 3.41. The number of nitrogens with zero attached hydrogens (tertiary/aromatic N) is 2. The third-order valence-electron chi connectivity index (χ3n) is 2.84. The average Bonchev–Trinajstić information content (AvgIpc) is 2.65. The summed E-state index contributed by atoms with van der Waals surface area (Å²) in [5, 5.41) is 7.35. The van der Waals surface area contributed by atoms with E-state index in [0.29, 0.717) is 12.1 Å². The lowest BCUT2D eigenvalue weighted by atomic mass is 10.0. The van der Waals surface area contributed by atoms with E-state index in [0.717, 1.165) is 16.2 Å². The maximum absolute atomic E-state index is 13.4. The number of hydrogen-bond donors (Lipinski definition) is 1. The topological polar surface area (TPSA) is 29.9 Å². The highest BCUT2D eigenvalue weighted by Gasteiger charge is 2.21. The third-order valence-corrected chi connectivity index (χ3v) is 3.45. The standard InChI is InChI=1S/C13H14BrF2N3/c1-3-17-12(13-11(14)7-18-19(13)2)8-4-9(15)6-10(16)5-8/h4-7,12,17H,3H2,1-2H3.